The van der Waals surface area contributed by atoms with Crippen molar-refractivity contribution in [2.75, 3.05) is 31.0 Å². The monoisotopic (exact) mass is 768 g/mol. The van der Waals surface area contributed by atoms with Crippen LogP contribution in [0.1, 0.15) is 78.8 Å². The number of nitrogens with one attached hydrogen (secondary N) is 2. The van der Waals surface area contributed by atoms with E-state index in [0.29, 0.717) is 52.6 Å². The zero-order valence-corrected chi connectivity index (χ0v) is 31.3. The van der Waals surface area contributed by atoms with Crippen molar-refractivity contribution < 1.29 is 42.6 Å². The maximum atomic E-state index is 13.5. The van der Waals surface area contributed by atoms with Crippen molar-refractivity contribution in [3.63, 3.8) is 0 Å². The van der Waals surface area contributed by atoms with Gasteiger partial charge in [-0.3, -0.25) is 29.8 Å². The van der Waals surface area contributed by atoms with Gasteiger partial charge in [0.25, 0.3) is 11.8 Å². The van der Waals surface area contributed by atoms with Crippen LogP contribution in [0, 0.1) is 13.8 Å². The zero-order valence-electron chi connectivity index (χ0n) is 31.3. The number of primary amides is 2. The molecular weight excluding hydrogens is 728 g/mol. The Morgan fingerprint density at radius 2 is 1.20 bits per heavy atom. The first-order valence-electron chi connectivity index (χ1n) is 17.5. The van der Waals surface area contributed by atoms with Crippen LogP contribution in [-0.2, 0) is 25.9 Å². The lowest BCUT2D eigenvalue weighted by molar-refractivity contribution is 0.0985. The highest BCUT2D eigenvalue weighted by Crippen LogP contribution is 2.33. The number of rotatable bonds is 16. The molecule has 4 amide bonds. The number of allylic oxidation sites excluding steroid dienone is 2. The third-order valence-electron chi connectivity index (χ3n) is 8.64. The number of carbonyl (C=O) groups excluding carboxylic acids is 4. The lowest BCUT2D eigenvalue weighted by Gasteiger charge is -2.12. The van der Waals surface area contributed by atoms with Gasteiger partial charge in [-0.05, 0) is 37.1 Å². The number of amides is 4. The number of benzene rings is 2. The molecule has 0 unspecified atom stereocenters. The summed E-state index contributed by atoms with van der Waals surface area (Å²) in [4.78, 5) is 69.2. The van der Waals surface area contributed by atoms with Gasteiger partial charge in [-0.1, -0.05) is 26.0 Å². The molecule has 0 bridgehead atoms. The molecule has 56 heavy (non-hydrogen) atoms. The van der Waals surface area contributed by atoms with Gasteiger partial charge in [-0.2, -0.15) is 0 Å². The van der Waals surface area contributed by atoms with E-state index < -0.39 is 23.6 Å². The Balaban J connectivity index is 1.41. The average Bonchev–Trinajstić information content (AvgIpc) is 3.93. The van der Waals surface area contributed by atoms with Gasteiger partial charge in [0, 0.05) is 38.1 Å². The van der Waals surface area contributed by atoms with Gasteiger partial charge in [0.15, 0.2) is 11.8 Å². The number of aryl methyl sites for hydroxylation is 4. The van der Waals surface area contributed by atoms with Crippen molar-refractivity contribution >= 4 is 57.6 Å². The minimum absolute atomic E-state index is 0.0234. The number of aromatic nitrogens is 6. The maximum absolute atomic E-state index is 13.5. The molecule has 4 heterocycles. The molecule has 19 nitrogen and oxygen atoms in total. The number of oxazole rings is 2. The van der Waals surface area contributed by atoms with E-state index in [-0.39, 0.29) is 77.9 Å². The van der Waals surface area contributed by atoms with Crippen LogP contribution in [0.4, 0.5) is 11.9 Å². The van der Waals surface area contributed by atoms with Crippen molar-refractivity contribution in [1.82, 2.24) is 29.1 Å². The molecule has 0 aliphatic carbocycles. The Labute approximate surface area is 318 Å². The van der Waals surface area contributed by atoms with Crippen molar-refractivity contribution in [2.45, 2.75) is 53.6 Å². The lowest BCUT2D eigenvalue weighted by atomic mass is 10.1. The van der Waals surface area contributed by atoms with Crippen LogP contribution in [0.2, 0.25) is 0 Å². The predicted octanol–water partition coefficient (Wildman–Crippen LogP) is 3.44. The van der Waals surface area contributed by atoms with E-state index in [1.165, 1.54) is 31.4 Å². The van der Waals surface area contributed by atoms with Crippen LogP contribution in [0.25, 0.3) is 22.1 Å². The Morgan fingerprint density at radius 1 is 0.750 bits per heavy atom. The first kappa shape index (κ1) is 38.7. The van der Waals surface area contributed by atoms with Gasteiger partial charge in [0.2, 0.25) is 35.2 Å². The first-order chi connectivity index (χ1) is 26.9. The Kier molecular flexibility index (Phi) is 11.2. The van der Waals surface area contributed by atoms with E-state index >= 15 is 0 Å². The molecule has 6 rings (SSSR count). The summed E-state index contributed by atoms with van der Waals surface area (Å²) in [6.07, 6.45) is 4.43. The molecule has 0 radical (unpaired) electrons. The number of hydrogen-bond acceptors (Lipinski definition) is 13. The van der Waals surface area contributed by atoms with E-state index in [1.807, 2.05) is 13.8 Å². The summed E-state index contributed by atoms with van der Waals surface area (Å²) in [5.74, 6) is -1.24. The second kappa shape index (κ2) is 16.1. The molecule has 6 aromatic rings. The molecule has 292 valence electrons. The summed E-state index contributed by atoms with van der Waals surface area (Å²) in [5.41, 5.74) is 13.8. The van der Waals surface area contributed by atoms with Crippen LogP contribution < -0.4 is 31.6 Å². The van der Waals surface area contributed by atoms with Gasteiger partial charge >= 0.3 is 0 Å². The number of aliphatic hydroxyl groups is 1. The summed E-state index contributed by atoms with van der Waals surface area (Å²) in [6.45, 7) is 6.74. The van der Waals surface area contributed by atoms with Crippen molar-refractivity contribution in [2.24, 2.45) is 11.5 Å². The maximum Gasteiger partial charge on any atom is 0.295 e. The molecular formula is C37H40N10O9. The summed E-state index contributed by atoms with van der Waals surface area (Å²) in [6, 6.07) is 5.87. The zero-order chi connectivity index (χ0) is 40.3. The molecule has 19 heteroatoms. The van der Waals surface area contributed by atoms with Crippen molar-refractivity contribution in [3.05, 3.63) is 82.2 Å². The molecule has 2 aromatic carbocycles. The summed E-state index contributed by atoms with van der Waals surface area (Å²) < 4.78 is 26.0. The fourth-order valence-electron chi connectivity index (χ4n) is 6.16. The topological polar surface area (TPSA) is 271 Å². The summed E-state index contributed by atoms with van der Waals surface area (Å²) in [5, 5.41) is 15.1. The fraction of sp³-hybridized carbons (Fsp3) is 0.297. The molecule has 4 aromatic heterocycles. The first-order valence-corrected chi connectivity index (χ1v) is 17.5. The second-order valence-corrected chi connectivity index (χ2v) is 12.4. The Hall–Kier alpha value is -7.02. The van der Waals surface area contributed by atoms with Crippen LogP contribution in [0.3, 0.4) is 0 Å². The molecule has 0 fully saturated rings. The SMILES string of the molecule is CCc1nc(C)oc1C(=O)Nc1nc2cc(C(N)=O)cc(OC)c2n1C/C=C/Cn1c(NC(=O)c2oc(C)nc2CC)nc2cc(C(N)=O)cc(OCCO)c21. The molecule has 0 saturated heterocycles. The second-order valence-electron chi connectivity index (χ2n) is 12.4. The summed E-state index contributed by atoms with van der Waals surface area (Å²) >= 11 is 0. The summed E-state index contributed by atoms with van der Waals surface area (Å²) in [7, 11) is 1.43. The lowest BCUT2D eigenvalue weighted by Crippen LogP contribution is -2.17. The number of nitrogens with two attached hydrogens (primary N) is 2. The Morgan fingerprint density at radius 3 is 1.61 bits per heavy atom. The minimum atomic E-state index is -0.733. The smallest absolute Gasteiger partial charge is 0.295 e. The van der Waals surface area contributed by atoms with Gasteiger partial charge in [-0.25, -0.2) is 19.9 Å². The normalized spacial score (nSPS) is 11.5. The minimum Gasteiger partial charge on any atom is -0.494 e. The molecule has 0 aliphatic rings. The van der Waals surface area contributed by atoms with E-state index in [9.17, 15) is 24.3 Å². The predicted molar refractivity (Wildman–Crippen MR) is 202 cm³/mol. The number of carbonyl (C=O) groups is 4. The number of anilines is 2. The molecule has 0 spiro atoms. The Bertz CT molecular complexity index is 2520. The molecule has 0 saturated carbocycles. The molecule has 7 N–H and O–H groups in total. The van der Waals surface area contributed by atoms with E-state index in [1.54, 1.807) is 35.1 Å². The molecule has 0 aliphatic heterocycles. The number of ether oxygens (including phenoxy) is 2. The highest BCUT2D eigenvalue weighted by molar-refractivity contribution is 6.05. The third kappa shape index (κ3) is 7.65. The highest BCUT2D eigenvalue weighted by Gasteiger charge is 2.25. The van der Waals surface area contributed by atoms with E-state index in [4.69, 9.17) is 29.8 Å². The highest BCUT2D eigenvalue weighted by atomic mass is 16.5. The standard InChI is InChI=1S/C37H40N10O9/c1-6-22-30(55-18(3)40-22)34(51)44-36-42-24-14-20(32(38)49)16-26(53-5)28(24)46(36)10-8-9-11-47-29-25(15-21(33(39)50)17-27(29)54-13-12-48)43-37(47)45-35(52)31-23(7-2)41-19(4)56-31/h8-9,14-17,48H,6-7,10-13H2,1-5H3,(H2,38,49)(H2,39,50)(H,42,44,51)(H,43,45,52)/b9-8+. The van der Waals surface area contributed by atoms with Crippen molar-refractivity contribution in [1.29, 1.82) is 0 Å². The van der Waals surface area contributed by atoms with Gasteiger partial charge in [0.05, 0.1) is 36.1 Å². The van der Waals surface area contributed by atoms with Crippen LogP contribution in [0.5, 0.6) is 11.5 Å². The van der Waals surface area contributed by atoms with Gasteiger partial charge in [-0.15, -0.1) is 0 Å². The van der Waals surface area contributed by atoms with E-state index in [2.05, 4.69) is 30.6 Å². The number of methoxy groups -OCH3 is 1. The van der Waals surface area contributed by atoms with Gasteiger partial charge < -0.3 is 44.0 Å². The largest absolute Gasteiger partial charge is 0.494 e. The number of hydrogen-bond donors (Lipinski definition) is 5. The molecule has 0 atom stereocenters. The number of fused-ring (bicyclic) bond motifs is 2. The van der Waals surface area contributed by atoms with Crippen LogP contribution >= 0.6 is 0 Å². The fourth-order valence-corrected chi connectivity index (χ4v) is 6.16. The van der Waals surface area contributed by atoms with Gasteiger partial charge in [0.1, 0.15) is 29.1 Å². The van der Waals surface area contributed by atoms with E-state index in [0.717, 1.165) is 0 Å². The third-order valence-corrected chi connectivity index (χ3v) is 8.64. The van der Waals surface area contributed by atoms with Crippen molar-refractivity contribution in [3.8, 4) is 11.5 Å². The average molecular weight is 769 g/mol. The number of aliphatic hydroxyl groups excluding tert-OH is 1. The number of nitrogens with zero attached hydrogens (tertiary/aromatic N) is 6. The number of imidazole rings is 2. The van der Waals surface area contributed by atoms with Crippen LogP contribution in [0.15, 0.2) is 45.3 Å². The quantitative estimate of drug-likeness (QED) is 0.0884. The van der Waals surface area contributed by atoms with Crippen LogP contribution in [-0.4, -0.2) is 78.1 Å².